The Balaban J connectivity index is 1.52. The van der Waals surface area contributed by atoms with Crippen LogP contribution in [0.25, 0.3) is 76.9 Å². The molecule has 1 heterocycles. The second kappa shape index (κ2) is 8.72. The molecule has 0 aliphatic carbocycles. The number of benzene rings is 7. The summed E-state index contributed by atoms with van der Waals surface area (Å²) in [6.45, 7) is 0. The Bertz CT molecular complexity index is 2680. The van der Waals surface area contributed by atoms with E-state index in [1.165, 1.54) is 0 Å². The molecule has 0 atom stereocenters. The summed E-state index contributed by atoms with van der Waals surface area (Å²) in [5.74, 6) is 0. The van der Waals surface area contributed by atoms with Gasteiger partial charge < -0.3 is 4.42 Å². The maximum Gasteiger partial charge on any atom is 0.136 e. The molecule has 1 heteroatoms. The summed E-state index contributed by atoms with van der Waals surface area (Å²) >= 11 is 0. The fourth-order valence-corrected chi connectivity index (χ4v) is 5.33. The molecule has 39 heavy (non-hydrogen) atoms. The molecule has 0 radical (unpaired) electrons. The summed E-state index contributed by atoms with van der Waals surface area (Å²) in [5.41, 5.74) is 1.34. The zero-order valence-corrected chi connectivity index (χ0v) is 20.4. The fraction of sp³-hybridized carbons (Fsp3) is 0. The van der Waals surface area contributed by atoms with Crippen LogP contribution >= 0.6 is 0 Å². The number of hydrogen-bond acceptors (Lipinski definition) is 1. The van der Waals surface area contributed by atoms with Gasteiger partial charge in [0.05, 0.1) is 15.1 Å². The first-order valence-corrected chi connectivity index (χ1v) is 12.5. The highest BCUT2D eigenvalue weighted by atomic mass is 16.3. The van der Waals surface area contributed by atoms with Crippen LogP contribution in [0, 0.1) is 0 Å². The topological polar surface area (TPSA) is 13.1 Å². The summed E-state index contributed by atoms with van der Waals surface area (Å²) in [6, 6.07) is 19.6. The molecular weight excluding hydrogens is 472 g/mol. The van der Waals surface area contributed by atoms with Crippen LogP contribution in [0.3, 0.4) is 0 Å². The van der Waals surface area contributed by atoms with Gasteiger partial charge in [-0.1, -0.05) is 121 Å². The second-order valence-corrected chi connectivity index (χ2v) is 9.22. The highest BCUT2D eigenvalue weighted by Gasteiger charge is 2.17. The zero-order valence-electron chi connectivity index (χ0n) is 31.4. The first-order valence-electron chi connectivity index (χ1n) is 18.0. The number of furan rings is 1. The third kappa shape index (κ3) is 3.48. The van der Waals surface area contributed by atoms with Crippen molar-refractivity contribution in [3.63, 3.8) is 0 Å². The first kappa shape index (κ1) is 13.6. The molecule has 1 aromatic heterocycles. The van der Waals surface area contributed by atoms with Crippen LogP contribution in [0.1, 0.15) is 15.1 Å². The van der Waals surface area contributed by atoms with Gasteiger partial charge >= 0.3 is 0 Å². The van der Waals surface area contributed by atoms with Crippen molar-refractivity contribution in [2.24, 2.45) is 0 Å². The van der Waals surface area contributed by atoms with Gasteiger partial charge in [0.25, 0.3) is 0 Å². The second-order valence-electron chi connectivity index (χ2n) is 9.22. The molecule has 0 N–H and O–H groups in total. The Morgan fingerprint density at radius 2 is 0.974 bits per heavy atom. The minimum Gasteiger partial charge on any atom is -0.456 e. The fourth-order valence-electron chi connectivity index (χ4n) is 5.33. The predicted octanol–water partition coefficient (Wildman–Crippen LogP) is 10.9. The molecule has 0 amide bonds. The van der Waals surface area contributed by atoms with Crippen LogP contribution in [0.2, 0.25) is 0 Å². The van der Waals surface area contributed by atoms with Crippen molar-refractivity contribution < 1.29 is 19.5 Å². The number of hydrogen-bond donors (Lipinski definition) is 0. The minimum atomic E-state index is -0.654. The highest BCUT2D eigenvalue weighted by Crippen LogP contribution is 2.44. The van der Waals surface area contributed by atoms with Crippen molar-refractivity contribution >= 4 is 43.5 Å². The van der Waals surface area contributed by atoms with E-state index in [0.717, 1.165) is 32.7 Å². The average Bonchev–Trinajstić information content (AvgIpc) is 3.54. The molecule has 0 bridgehead atoms. The Labute approximate surface area is 242 Å². The van der Waals surface area contributed by atoms with E-state index in [-0.39, 0.29) is 45.6 Å². The van der Waals surface area contributed by atoms with Gasteiger partial charge in [-0.25, -0.2) is 0 Å². The molecule has 0 saturated heterocycles. The van der Waals surface area contributed by atoms with Crippen molar-refractivity contribution in [2.45, 2.75) is 0 Å². The minimum absolute atomic E-state index is 0.0177. The van der Waals surface area contributed by atoms with Crippen LogP contribution in [0.4, 0.5) is 0 Å². The summed E-state index contributed by atoms with van der Waals surface area (Å²) in [6.07, 6.45) is 0. The lowest BCUT2D eigenvalue weighted by atomic mass is 9.86. The standard InChI is InChI=1S/C38H24O/c1-3-11-25(12-4-1)27-19-21-29-34-23-28(20-22-35(34)39-36(29)24-27)38-32-17-9-7-15-30(32)37(26-13-5-2-6-14-26)31-16-8-10-18-33(31)38/h1-24H/i1D,3D,4D,11D,12D,19D,20D,21D,22D,23D,24D. The zero-order chi connectivity index (χ0) is 35.3. The molecule has 0 aliphatic rings. The lowest BCUT2D eigenvalue weighted by Crippen LogP contribution is -1.90. The molecule has 0 spiro atoms. The van der Waals surface area contributed by atoms with Crippen molar-refractivity contribution in [3.05, 3.63) is 145 Å². The third-order valence-corrected chi connectivity index (χ3v) is 7.00. The van der Waals surface area contributed by atoms with E-state index < -0.39 is 59.5 Å². The average molecular weight is 508 g/mol. The van der Waals surface area contributed by atoms with E-state index in [9.17, 15) is 2.74 Å². The lowest BCUT2D eigenvalue weighted by Gasteiger charge is -2.17. The van der Waals surface area contributed by atoms with E-state index in [4.69, 9.17) is 16.8 Å². The molecule has 0 saturated carbocycles. The van der Waals surface area contributed by atoms with E-state index in [1.807, 2.05) is 78.9 Å². The molecule has 8 rings (SSSR count). The van der Waals surface area contributed by atoms with Crippen LogP contribution in [-0.4, -0.2) is 0 Å². The monoisotopic (exact) mass is 507 g/mol. The van der Waals surface area contributed by atoms with Gasteiger partial charge in [-0.05, 0) is 79.1 Å². The van der Waals surface area contributed by atoms with Crippen LogP contribution in [0.5, 0.6) is 0 Å². The summed E-state index contributed by atoms with van der Waals surface area (Å²) in [4.78, 5) is 0. The Hall–Kier alpha value is -5.14. The molecule has 1 nitrogen and oxygen atoms in total. The van der Waals surface area contributed by atoms with E-state index in [0.29, 0.717) is 5.56 Å². The maximum absolute atomic E-state index is 9.59. The lowest BCUT2D eigenvalue weighted by molar-refractivity contribution is 0.669. The first-order chi connectivity index (χ1) is 24.0. The van der Waals surface area contributed by atoms with Crippen molar-refractivity contribution in [2.75, 3.05) is 0 Å². The number of rotatable bonds is 3. The molecule has 182 valence electrons. The number of fused-ring (bicyclic) bond motifs is 5. The normalized spacial score (nSPS) is 15.5. The van der Waals surface area contributed by atoms with Crippen molar-refractivity contribution in [3.8, 4) is 33.4 Å². The van der Waals surface area contributed by atoms with Gasteiger partial charge in [-0.3, -0.25) is 0 Å². The molecule has 0 unspecified atom stereocenters. The van der Waals surface area contributed by atoms with E-state index >= 15 is 0 Å². The molecule has 7 aromatic carbocycles. The summed E-state index contributed by atoms with van der Waals surface area (Å²) in [5, 5.41) is 3.13. The van der Waals surface area contributed by atoms with Gasteiger partial charge in [-0.2, -0.15) is 0 Å². The van der Waals surface area contributed by atoms with Crippen molar-refractivity contribution in [1.82, 2.24) is 0 Å². The van der Waals surface area contributed by atoms with Gasteiger partial charge in [0.2, 0.25) is 0 Å². The Kier molecular flexibility index (Phi) is 3.04. The highest BCUT2D eigenvalue weighted by molar-refractivity contribution is 6.22. The smallest absolute Gasteiger partial charge is 0.136 e. The molecular formula is C38H24O. The molecule has 0 fully saturated rings. The van der Waals surface area contributed by atoms with Gasteiger partial charge in [0, 0.05) is 10.8 Å². The predicted molar refractivity (Wildman–Crippen MR) is 165 cm³/mol. The van der Waals surface area contributed by atoms with Gasteiger partial charge in [0.15, 0.2) is 0 Å². The van der Waals surface area contributed by atoms with Crippen molar-refractivity contribution in [1.29, 1.82) is 0 Å². The summed E-state index contributed by atoms with van der Waals surface area (Å²) in [7, 11) is 0. The van der Waals surface area contributed by atoms with E-state index in [2.05, 4.69) is 0 Å². The Morgan fingerprint density at radius 3 is 1.64 bits per heavy atom. The van der Waals surface area contributed by atoms with E-state index in [1.54, 1.807) is 0 Å². The molecule has 0 aliphatic heterocycles. The molecule has 8 aromatic rings. The van der Waals surface area contributed by atoms with Crippen LogP contribution < -0.4 is 0 Å². The van der Waals surface area contributed by atoms with Crippen LogP contribution in [0.15, 0.2) is 150 Å². The van der Waals surface area contributed by atoms with Gasteiger partial charge in [-0.15, -0.1) is 0 Å². The van der Waals surface area contributed by atoms with Gasteiger partial charge in [0.1, 0.15) is 11.2 Å². The SMILES string of the molecule is [2H]c1c([2H])c([2H])c(-c2c([2H])c([2H])c3c(oc4c([2H])c([2H])c(-c5c6ccccc6c(-c6ccccc6)c6ccccc56)c([2H])c43)c2[2H])c([2H])c1[2H]. The maximum atomic E-state index is 9.59. The summed E-state index contributed by atoms with van der Waals surface area (Å²) < 4.78 is 102. The third-order valence-electron chi connectivity index (χ3n) is 7.00. The van der Waals surface area contributed by atoms with Crippen LogP contribution in [-0.2, 0) is 0 Å². The largest absolute Gasteiger partial charge is 0.456 e. The quantitative estimate of drug-likeness (QED) is 0.217. The Morgan fingerprint density at radius 1 is 0.385 bits per heavy atom.